The molecule has 6 aromatic carbocycles. The molecule has 0 saturated heterocycles. The molecule has 0 fully saturated rings. The minimum Gasteiger partial charge on any atom is -0.309 e. The molecule has 0 radical (unpaired) electrons. The topological polar surface area (TPSA) is 59.4 Å². The van der Waals surface area contributed by atoms with Gasteiger partial charge in [-0.25, -0.2) is 9.97 Å². The summed E-state index contributed by atoms with van der Waals surface area (Å²) in [5, 5.41) is 14.6. The fourth-order valence-corrected chi connectivity index (χ4v) is 7.69. The number of hydrogen-bond donors (Lipinski definition) is 0. The van der Waals surface area contributed by atoms with Crippen LogP contribution in [0.15, 0.2) is 176 Å². The van der Waals surface area contributed by atoms with E-state index in [4.69, 9.17) is 9.97 Å². The van der Waals surface area contributed by atoms with Crippen LogP contribution in [0.25, 0.3) is 88.8 Å². The van der Waals surface area contributed by atoms with E-state index in [2.05, 4.69) is 137 Å². The number of nitrogens with zero attached hydrogens (tertiary/aromatic N) is 5. The van der Waals surface area contributed by atoms with E-state index in [-0.39, 0.29) is 0 Å². The first-order chi connectivity index (χ1) is 25.8. The summed E-state index contributed by atoms with van der Waals surface area (Å²) in [6.07, 6.45) is 1.87. The lowest BCUT2D eigenvalue weighted by Gasteiger charge is -2.13. The van der Waals surface area contributed by atoms with Gasteiger partial charge in [-0.1, -0.05) is 103 Å². The molecular weight excluding hydrogens is 635 g/mol. The molecule has 0 amide bonds. The van der Waals surface area contributed by atoms with Gasteiger partial charge >= 0.3 is 0 Å². The molecule has 0 atom stereocenters. The van der Waals surface area contributed by atoms with Gasteiger partial charge in [0.1, 0.15) is 5.65 Å². The molecule has 4 heterocycles. The normalized spacial score (nSPS) is 11.4. The zero-order valence-corrected chi connectivity index (χ0v) is 28.0. The van der Waals surface area contributed by atoms with Crippen LogP contribution in [-0.4, -0.2) is 19.1 Å². The number of fused-ring (bicyclic) bond motifs is 7. The van der Waals surface area contributed by atoms with Crippen molar-refractivity contribution in [1.29, 1.82) is 5.26 Å². The fraction of sp³-hybridized carbons (Fsp3) is 0. The van der Waals surface area contributed by atoms with Gasteiger partial charge in [0.15, 0.2) is 0 Å². The molecule has 5 heteroatoms. The van der Waals surface area contributed by atoms with Crippen LogP contribution in [0.1, 0.15) is 5.56 Å². The highest BCUT2D eigenvalue weighted by atomic mass is 15.1. The van der Waals surface area contributed by atoms with E-state index in [0.717, 1.165) is 78.0 Å². The molecule has 0 unspecified atom stereocenters. The Labute approximate surface area is 299 Å². The second-order valence-corrected chi connectivity index (χ2v) is 13.0. The van der Waals surface area contributed by atoms with E-state index >= 15 is 0 Å². The Morgan fingerprint density at radius 2 is 1.17 bits per heavy atom. The summed E-state index contributed by atoms with van der Waals surface area (Å²) in [5.41, 5.74) is 12.7. The molecule has 0 spiro atoms. The molecule has 10 aromatic rings. The van der Waals surface area contributed by atoms with Gasteiger partial charge in [0, 0.05) is 50.2 Å². The van der Waals surface area contributed by atoms with Crippen LogP contribution in [-0.2, 0) is 0 Å². The smallest absolute Gasteiger partial charge is 0.145 e. The van der Waals surface area contributed by atoms with Crippen molar-refractivity contribution >= 4 is 43.7 Å². The second kappa shape index (κ2) is 11.9. The van der Waals surface area contributed by atoms with Crippen LogP contribution in [0.2, 0.25) is 0 Å². The van der Waals surface area contributed by atoms with Crippen molar-refractivity contribution in [3.05, 3.63) is 182 Å². The highest BCUT2D eigenvalue weighted by Gasteiger charge is 2.21. The number of benzene rings is 6. The average molecular weight is 664 g/mol. The number of para-hydroxylation sites is 2. The maximum Gasteiger partial charge on any atom is 0.145 e. The molecule has 0 saturated carbocycles. The van der Waals surface area contributed by atoms with Gasteiger partial charge in [-0.15, -0.1) is 0 Å². The van der Waals surface area contributed by atoms with Gasteiger partial charge in [-0.3, -0.25) is 4.57 Å². The fourth-order valence-electron chi connectivity index (χ4n) is 7.69. The van der Waals surface area contributed by atoms with Crippen molar-refractivity contribution in [2.45, 2.75) is 0 Å². The molecule has 0 aliphatic carbocycles. The van der Waals surface area contributed by atoms with Crippen LogP contribution in [0.4, 0.5) is 0 Å². The van der Waals surface area contributed by atoms with Gasteiger partial charge in [-0.2, -0.15) is 5.26 Å². The van der Waals surface area contributed by atoms with Crippen molar-refractivity contribution in [2.75, 3.05) is 0 Å². The summed E-state index contributed by atoms with van der Waals surface area (Å²) < 4.78 is 4.67. The quantitative estimate of drug-likeness (QED) is 0.184. The summed E-state index contributed by atoms with van der Waals surface area (Å²) in [4.78, 5) is 10.0. The highest BCUT2D eigenvalue weighted by Crippen LogP contribution is 2.42. The van der Waals surface area contributed by atoms with Crippen LogP contribution in [0, 0.1) is 11.3 Å². The first-order valence-electron chi connectivity index (χ1n) is 17.3. The molecule has 0 bridgehead atoms. The Morgan fingerprint density at radius 1 is 0.481 bits per heavy atom. The molecule has 4 aromatic heterocycles. The van der Waals surface area contributed by atoms with Gasteiger partial charge < -0.3 is 4.57 Å². The zero-order valence-electron chi connectivity index (χ0n) is 28.0. The van der Waals surface area contributed by atoms with E-state index in [1.54, 1.807) is 0 Å². The summed E-state index contributed by atoms with van der Waals surface area (Å²) in [6, 6.07) is 61.0. The lowest BCUT2D eigenvalue weighted by Crippen LogP contribution is -1.97. The van der Waals surface area contributed by atoms with Crippen LogP contribution in [0.3, 0.4) is 0 Å². The maximum absolute atomic E-state index is 9.92. The molecule has 242 valence electrons. The molecule has 10 rings (SSSR count). The van der Waals surface area contributed by atoms with E-state index in [9.17, 15) is 5.26 Å². The highest BCUT2D eigenvalue weighted by molar-refractivity contribution is 6.25. The minimum atomic E-state index is 0.598. The number of hydrogen-bond acceptors (Lipinski definition) is 3. The Bertz CT molecular complexity index is 3000. The Hall–Kier alpha value is -7.29. The van der Waals surface area contributed by atoms with E-state index in [1.807, 2.05) is 54.7 Å². The number of rotatable bonds is 5. The van der Waals surface area contributed by atoms with Gasteiger partial charge in [0.25, 0.3) is 0 Å². The third-order valence-electron chi connectivity index (χ3n) is 10.0. The summed E-state index contributed by atoms with van der Waals surface area (Å²) in [6.45, 7) is 0. The Balaban J connectivity index is 1.19. The molecule has 5 nitrogen and oxygen atoms in total. The predicted octanol–water partition coefficient (Wildman–Crippen LogP) is 11.5. The van der Waals surface area contributed by atoms with Crippen molar-refractivity contribution in [3.8, 4) is 51.1 Å². The van der Waals surface area contributed by atoms with Crippen LogP contribution in [0.5, 0.6) is 0 Å². The SMILES string of the molecule is N#Cc1ccccc1-c1cc(-c2ccc(-n3c4ncccc4c4ccc5c(c6ccccc6n5-c5ccccc5)c43)cc2)cc(-c2ccccc2)n1. The van der Waals surface area contributed by atoms with Gasteiger partial charge in [-0.05, 0) is 77.9 Å². The second-order valence-electron chi connectivity index (χ2n) is 13.0. The van der Waals surface area contributed by atoms with Gasteiger partial charge in [0.05, 0.1) is 39.6 Å². The van der Waals surface area contributed by atoms with E-state index in [0.29, 0.717) is 5.56 Å². The maximum atomic E-state index is 9.92. The van der Waals surface area contributed by atoms with Gasteiger partial charge in [0.2, 0.25) is 0 Å². The number of aromatic nitrogens is 4. The van der Waals surface area contributed by atoms with Crippen molar-refractivity contribution < 1.29 is 0 Å². The molecule has 0 N–H and O–H groups in total. The zero-order chi connectivity index (χ0) is 34.6. The monoisotopic (exact) mass is 663 g/mol. The molecule has 52 heavy (non-hydrogen) atoms. The van der Waals surface area contributed by atoms with E-state index < -0.39 is 0 Å². The molecule has 0 aliphatic heterocycles. The summed E-state index contributed by atoms with van der Waals surface area (Å²) >= 11 is 0. The average Bonchev–Trinajstić information content (AvgIpc) is 3.74. The summed E-state index contributed by atoms with van der Waals surface area (Å²) in [7, 11) is 0. The third-order valence-corrected chi connectivity index (χ3v) is 10.0. The Kier molecular flexibility index (Phi) is 6.80. The molecule has 0 aliphatic rings. The first kappa shape index (κ1) is 29.6. The first-order valence-corrected chi connectivity index (χ1v) is 17.3. The molecular formula is C47H29N5. The largest absolute Gasteiger partial charge is 0.309 e. The summed E-state index contributed by atoms with van der Waals surface area (Å²) in [5.74, 6) is 0. The predicted molar refractivity (Wildman–Crippen MR) is 212 cm³/mol. The lowest BCUT2D eigenvalue weighted by molar-refractivity contribution is 1.14. The van der Waals surface area contributed by atoms with Crippen LogP contribution >= 0.6 is 0 Å². The minimum absolute atomic E-state index is 0.598. The van der Waals surface area contributed by atoms with E-state index in [1.165, 1.54) is 10.8 Å². The Morgan fingerprint density at radius 3 is 2.00 bits per heavy atom. The van der Waals surface area contributed by atoms with Crippen molar-refractivity contribution in [3.63, 3.8) is 0 Å². The van der Waals surface area contributed by atoms with Crippen LogP contribution < -0.4 is 0 Å². The van der Waals surface area contributed by atoms with Crippen molar-refractivity contribution in [2.24, 2.45) is 0 Å². The lowest BCUT2D eigenvalue weighted by atomic mass is 9.98. The number of pyridine rings is 2. The van der Waals surface area contributed by atoms with Crippen molar-refractivity contribution in [1.82, 2.24) is 19.1 Å². The third kappa shape index (κ3) is 4.63. The number of nitriles is 1. The standard InChI is InChI=1S/C47H29N5/c48-30-33-14-7-8-17-37(33)42-29-34(28-41(50-42)32-12-3-1-4-13-32)31-21-23-36(24-22-31)52-46-38(39-19-11-27-49-47(39)52)25-26-44-45(46)40-18-9-10-20-43(40)51(44)35-15-5-2-6-16-35/h1-29H.